The Morgan fingerprint density at radius 1 is 1.05 bits per heavy atom. The number of aryl methyl sites for hydroxylation is 1. The van der Waals surface area contributed by atoms with E-state index in [-0.39, 0.29) is 37.2 Å². The first-order chi connectivity index (χ1) is 20.4. The van der Waals surface area contributed by atoms with E-state index >= 15 is 0 Å². The maximum atomic E-state index is 14.0. The molecule has 4 rings (SSSR count). The second-order valence-corrected chi connectivity index (χ2v) is 11.4. The molecule has 0 unspecified atom stereocenters. The van der Waals surface area contributed by atoms with Gasteiger partial charge in [-0.2, -0.15) is 18.3 Å². The van der Waals surface area contributed by atoms with Crippen molar-refractivity contribution in [2.75, 3.05) is 45.9 Å². The summed E-state index contributed by atoms with van der Waals surface area (Å²) in [7, 11) is 0. The van der Waals surface area contributed by atoms with Crippen molar-refractivity contribution < 1.29 is 32.2 Å². The SMILES string of the molecule is Cc1ccc(F)cc1-n1nc(CNC(=O)CN2CCN(C[C@@H](O)COc3ccc(C(F)(F)F)cc3)CC2)cc1CC(C)C. The van der Waals surface area contributed by atoms with Crippen molar-refractivity contribution in [3.63, 3.8) is 0 Å². The summed E-state index contributed by atoms with van der Waals surface area (Å²) in [6.45, 7) is 9.53. The predicted molar refractivity (Wildman–Crippen MR) is 154 cm³/mol. The normalized spacial score (nSPS) is 15.6. The van der Waals surface area contributed by atoms with Crippen LogP contribution in [0.4, 0.5) is 17.6 Å². The van der Waals surface area contributed by atoms with Crippen LogP contribution in [0.1, 0.15) is 36.4 Å². The Bertz CT molecular complexity index is 1350. The number of nitrogens with zero attached hydrogens (tertiary/aromatic N) is 4. The third-order valence-electron chi connectivity index (χ3n) is 7.24. The second-order valence-electron chi connectivity index (χ2n) is 11.4. The topological polar surface area (TPSA) is 82.9 Å². The lowest BCUT2D eigenvalue weighted by Gasteiger charge is -2.35. The molecule has 0 bridgehead atoms. The number of aliphatic hydroxyl groups excluding tert-OH is 1. The molecule has 0 radical (unpaired) electrons. The summed E-state index contributed by atoms with van der Waals surface area (Å²) >= 11 is 0. The molecule has 1 aliphatic heterocycles. The van der Waals surface area contributed by atoms with Crippen molar-refractivity contribution >= 4 is 5.91 Å². The van der Waals surface area contributed by atoms with Crippen molar-refractivity contribution in [1.29, 1.82) is 0 Å². The van der Waals surface area contributed by atoms with E-state index in [4.69, 9.17) is 4.74 Å². The molecule has 3 aromatic rings. The highest BCUT2D eigenvalue weighted by Crippen LogP contribution is 2.30. The Balaban J connectivity index is 1.20. The number of aliphatic hydroxyl groups is 1. The molecule has 12 heteroatoms. The molecule has 1 atom stereocenters. The zero-order chi connectivity index (χ0) is 31.1. The van der Waals surface area contributed by atoms with Gasteiger partial charge in [-0.1, -0.05) is 19.9 Å². The van der Waals surface area contributed by atoms with Crippen molar-refractivity contribution in [3.05, 3.63) is 76.9 Å². The van der Waals surface area contributed by atoms with Crippen molar-refractivity contribution in [1.82, 2.24) is 24.9 Å². The molecule has 1 aromatic heterocycles. The van der Waals surface area contributed by atoms with E-state index in [1.807, 2.05) is 17.9 Å². The third-order valence-corrected chi connectivity index (χ3v) is 7.24. The molecule has 8 nitrogen and oxygen atoms in total. The van der Waals surface area contributed by atoms with E-state index in [0.717, 1.165) is 29.8 Å². The van der Waals surface area contributed by atoms with Gasteiger partial charge in [0.2, 0.25) is 5.91 Å². The number of piperazine rings is 1. The molecule has 43 heavy (non-hydrogen) atoms. The Hall–Kier alpha value is -3.48. The number of benzene rings is 2. The van der Waals surface area contributed by atoms with Crippen LogP contribution in [0, 0.1) is 18.7 Å². The van der Waals surface area contributed by atoms with Gasteiger partial charge in [0.25, 0.3) is 0 Å². The first-order valence-corrected chi connectivity index (χ1v) is 14.4. The second kappa shape index (κ2) is 14.3. The van der Waals surface area contributed by atoms with Gasteiger partial charge in [-0.05, 0) is 67.3 Å². The zero-order valence-electron chi connectivity index (χ0n) is 24.7. The Morgan fingerprint density at radius 2 is 1.72 bits per heavy atom. The van der Waals surface area contributed by atoms with Gasteiger partial charge in [0, 0.05) is 38.4 Å². The Labute approximate surface area is 249 Å². The number of rotatable bonds is 12. The molecule has 1 fully saturated rings. The minimum Gasteiger partial charge on any atom is -0.491 e. The molecule has 234 valence electrons. The molecule has 0 aliphatic carbocycles. The van der Waals surface area contributed by atoms with Crippen molar-refractivity contribution in [3.8, 4) is 11.4 Å². The molecule has 2 N–H and O–H groups in total. The summed E-state index contributed by atoms with van der Waals surface area (Å²) in [6, 6.07) is 10.9. The minimum atomic E-state index is -4.41. The van der Waals surface area contributed by atoms with Gasteiger partial charge < -0.3 is 15.2 Å². The highest BCUT2D eigenvalue weighted by molar-refractivity contribution is 5.78. The summed E-state index contributed by atoms with van der Waals surface area (Å²) < 4.78 is 59.3. The van der Waals surface area contributed by atoms with Crippen molar-refractivity contribution in [2.45, 2.75) is 46.0 Å². The van der Waals surface area contributed by atoms with E-state index < -0.39 is 17.8 Å². The van der Waals surface area contributed by atoms with E-state index in [1.54, 1.807) is 10.7 Å². The van der Waals surface area contributed by atoms with Gasteiger partial charge >= 0.3 is 6.18 Å². The maximum absolute atomic E-state index is 14.0. The van der Waals surface area contributed by atoms with Crippen LogP contribution in [0.15, 0.2) is 48.5 Å². The summed E-state index contributed by atoms with van der Waals surface area (Å²) in [4.78, 5) is 16.8. The van der Waals surface area contributed by atoms with Crippen LogP contribution in [-0.2, 0) is 23.9 Å². The maximum Gasteiger partial charge on any atom is 0.416 e. The summed E-state index contributed by atoms with van der Waals surface area (Å²) in [5, 5.41) is 18.0. The first-order valence-electron chi connectivity index (χ1n) is 14.4. The average molecular weight is 606 g/mol. The summed E-state index contributed by atoms with van der Waals surface area (Å²) in [6.07, 6.45) is -4.46. The van der Waals surface area contributed by atoms with E-state index in [0.29, 0.717) is 50.0 Å². The van der Waals surface area contributed by atoms with Gasteiger partial charge in [0.15, 0.2) is 0 Å². The molecule has 0 spiro atoms. The third kappa shape index (κ3) is 9.50. The smallest absolute Gasteiger partial charge is 0.416 e. The first kappa shape index (κ1) is 32.4. The van der Waals surface area contributed by atoms with Crippen LogP contribution < -0.4 is 10.1 Å². The van der Waals surface area contributed by atoms with Gasteiger partial charge in [0.05, 0.1) is 30.0 Å². The highest BCUT2D eigenvalue weighted by Gasteiger charge is 2.30. The van der Waals surface area contributed by atoms with E-state index in [1.165, 1.54) is 24.3 Å². The van der Waals surface area contributed by atoms with Gasteiger partial charge in [-0.15, -0.1) is 0 Å². The lowest BCUT2D eigenvalue weighted by atomic mass is 10.1. The number of β-amino-alcohol motifs (C(OH)–C–C–N with tert-alkyl or cyclic N) is 1. The number of aromatic nitrogens is 2. The molecular formula is C31H39F4N5O3. The number of carbonyl (C=O) groups is 1. The van der Waals surface area contributed by atoms with Crippen LogP contribution >= 0.6 is 0 Å². The zero-order valence-corrected chi connectivity index (χ0v) is 24.7. The number of alkyl halides is 3. The van der Waals surface area contributed by atoms with Crippen LogP contribution in [0.3, 0.4) is 0 Å². The fourth-order valence-corrected chi connectivity index (χ4v) is 5.01. The van der Waals surface area contributed by atoms with E-state index in [9.17, 15) is 27.5 Å². The molecule has 2 heterocycles. The fourth-order valence-electron chi connectivity index (χ4n) is 5.01. The molecule has 2 aromatic carbocycles. The number of carbonyl (C=O) groups excluding carboxylic acids is 1. The molecule has 1 saturated heterocycles. The summed E-state index contributed by atoms with van der Waals surface area (Å²) in [5.41, 5.74) is 2.49. The number of nitrogens with one attached hydrogen (secondary N) is 1. The fraction of sp³-hybridized carbons (Fsp3) is 0.484. The Kier molecular flexibility index (Phi) is 10.8. The Morgan fingerprint density at radius 3 is 2.37 bits per heavy atom. The van der Waals surface area contributed by atoms with Gasteiger partial charge in [-0.25, -0.2) is 9.07 Å². The largest absolute Gasteiger partial charge is 0.491 e. The van der Waals surface area contributed by atoms with Crippen LogP contribution in [-0.4, -0.2) is 82.6 Å². The van der Waals surface area contributed by atoms with Crippen LogP contribution in [0.2, 0.25) is 0 Å². The average Bonchev–Trinajstić information content (AvgIpc) is 3.34. The van der Waals surface area contributed by atoms with Crippen LogP contribution in [0.25, 0.3) is 5.69 Å². The number of hydrogen-bond acceptors (Lipinski definition) is 6. The number of ether oxygens (including phenoxy) is 1. The van der Waals surface area contributed by atoms with Gasteiger partial charge in [0.1, 0.15) is 24.3 Å². The monoisotopic (exact) mass is 605 g/mol. The number of amides is 1. The van der Waals surface area contributed by atoms with Gasteiger partial charge in [-0.3, -0.25) is 14.6 Å². The summed E-state index contributed by atoms with van der Waals surface area (Å²) in [5.74, 6) is 0.177. The lowest BCUT2D eigenvalue weighted by Crippen LogP contribution is -2.51. The van der Waals surface area contributed by atoms with Crippen LogP contribution in [0.5, 0.6) is 5.75 Å². The van der Waals surface area contributed by atoms with E-state index in [2.05, 4.69) is 29.2 Å². The minimum absolute atomic E-state index is 0.0403. The molecule has 1 amide bonds. The number of halogens is 4. The standard InChI is InChI=1S/C31H39F4N5O3/c1-21(2)14-26-16-25(37-40(26)29-15-24(32)7-4-22(29)3)17-36-30(42)19-39-12-10-38(11-13-39)18-27(41)20-43-28-8-5-23(6-9-28)31(33,34)35/h4-9,15-16,21,27,41H,10-14,17-20H2,1-3H3,(H,36,42)/t27-/m1/s1. The molecule has 0 saturated carbocycles. The number of hydrogen-bond donors (Lipinski definition) is 2. The molecule has 1 aliphatic rings. The quantitative estimate of drug-likeness (QED) is 0.301. The molecular weight excluding hydrogens is 566 g/mol. The predicted octanol–water partition coefficient (Wildman–Crippen LogP) is 4.21. The lowest BCUT2D eigenvalue weighted by molar-refractivity contribution is -0.137. The van der Waals surface area contributed by atoms with Crippen molar-refractivity contribution in [2.24, 2.45) is 5.92 Å². The highest BCUT2D eigenvalue weighted by atomic mass is 19.4.